The minimum absolute atomic E-state index is 0.0428. The molecule has 3 N–H and O–H groups in total. The highest BCUT2D eigenvalue weighted by atomic mass is 16.3. The van der Waals surface area contributed by atoms with Crippen LogP contribution in [0.2, 0.25) is 0 Å². The van der Waals surface area contributed by atoms with E-state index in [1.807, 2.05) is 0 Å². The number of nitrogens with zero attached hydrogens (tertiary/aromatic N) is 2. The quantitative estimate of drug-likeness (QED) is 0.631. The molecule has 1 fully saturated rings. The lowest BCUT2D eigenvalue weighted by atomic mass is 10.1. The molecule has 0 atom stereocenters. The summed E-state index contributed by atoms with van der Waals surface area (Å²) in [6.07, 6.45) is 2.51. The molecule has 1 aromatic rings. The van der Waals surface area contributed by atoms with Crippen LogP contribution < -0.4 is 5.73 Å². The molecular formula is C14H21N3O2. The van der Waals surface area contributed by atoms with Gasteiger partial charge in [-0.1, -0.05) is 0 Å². The van der Waals surface area contributed by atoms with Gasteiger partial charge in [0.15, 0.2) is 0 Å². The van der Waals surface area contributed by atoms with Crippen molar-refractivity contribution in [1.82, 2.24) is 9.80 Å². The Kier molecular flexibility index (Phi) is 4.27. The monoisotopic (exact) mass is 263 g/mol. The van der Waals surface area contributed by atoms with Crippen molar-refractivity contribution >= 4 is 11.6 Å². The molecule has 0 aliphatic carbocycles. The first kappa shape index (κ1) is 13.7. The van der Waals surface area contributed by atoms with Crippen molar-refractivity contribution in [3.63, 3.8) is 0 Å². The molecule has 1 saturated heterocycles. The number of nitrogens with two attached hydrogens (primary N) is 1. The van der Waals surface area contributed by atoms with Crippen LogP contribution in [-0.4, -0.2) is 54.0 Å². The van der Waals surface area contributed by atoms with E-state index in [1.54, 1.807) is 24.1 Å². The van der Waals surface area contributed by atoms with Gasteiger partial charge in [0, 0.05) is 25.7 Å². The van der Waals surface area contributed by atoms with Crippen LogP contribution in [-0.2, 0) is 0 Å². The van der Waals surface area contributed by atoms with E-state index in [4.69, 9.17) is 5.73 Å². The lowest BCUT2D eigenvalue weighted by Crippen LogP contribution is -2.35. The molecule has 1 aromatic carbocycles. The largest absolute Gasteiger partial charge is 0.506 e. The van der Waals surface area contributed by atoms with E-state index >= 15 is 0 Å². The number of hydrogen-bond acceptors (Lipinski definition) is 4. The molecular weight excluding hydrogens is 242 g/mol. The molecule has 104 valence electrons. The topological polar surface area (TPSA) is 69.8 Å². The number of rotatable bonds is 4. The van der Waals surface area contributed by atoms with Crippen LogP contribution in [0.5, 0.6) is 5.75 Å². The average Bonchev–Trinajstić information content (AvgIpc) is 2.91. The number of carbonyl (C=O) groups is 1. The maximum atomic E-state index is 12.2. The molecule has 0 bridgehead atoms. The van der Waals surface area contributed by atoms with Crippen molar-refractivity contribution in [1.29, 1.82) is 0 Å². The van der Waals surface area contributed by atoms with Gasteiger partial charge in [0.25, 0.3) is 5.91 Å². The number of carbonyl (C=O) groups excluding carboxylic acids is 1. The number of hydrogen-bond donors (Lipinski definition) is 2. The fraction of sp³-hybridized carbons (Fsp3) is 0.500. The highest BCUT2D eigenvalue weighted by Gasteiger charge is 2.16. The Balaban J connectivity index is 1.92. The Hall–Kier alpha value is -1.75. The van der Waals surface area contributed by atoms with E-state index in [9.17, 15) is 9.90 Å². The number of likely N-dealkylation sites (N-methyl/N-ethyl adjacent to an activating group) is 1. The van der Waals surface area contributed by atoms with Crippen molar-refractivity contribution < 1.29 is 9.90 Å². The van der Waals surface area contributed by atoms with Gasteiger partial charge in [-0.25, -0.2) is 0 Å². The summed E-state index contributed by atoms with van der Waals surface area (Å²) in [7, 11) is 1.78. The number of phenolic OH excluding ortho intramolecular Hbond substituents is 1. The van der Waals surface area contributed by atoms with Gasteiger partial charge in [-0.05, 0) is 44.1 Å². The van der Waals surface area contributed by atoms with E-state index in [0.717, 1.165) is 19.6 Å². The van der Waals surface area contributed by atoms with Gasteiger partial charge < -0.3 is 20.6 Å². The number of phenols is 1. The lowest BCUT2D eigenvalue weighted by molar-refractivity contribution is 0.0782. The summed E-state index contributed by atoms with van der Waals surface area (Å²) >= 11 is 0. The third kappa shape index (κ3) is 3.38. The van der Waals surface area contributed by atoms with Gasteiger partial charge in [0.1, 0.15) is 5.75 Å². The molecule has 0 saturated carbocycles. The smallest absolute Gasteiger partial charge is 0.253 e. The number of amides is 1. The van der Waals surface area contributed by atoms with Gasteiger partial charge in [-0.3, -0.25) is 4.79 Å². The zero-order valence-electron chi connectivity index (χ0n) is 11.3. The maximum absolute atomic E-state index is 12.2. The van der Waals surface area contributed by atoms with Crippen LogP contribution in [0, 0.1) is 0 Å². The summed E-state index contributed by atoms with van der Waals surface area (Å²) < 4.78 is 0. The molecule has 0 aromatic heterocycles. The predicted molar refractivity (Wildman–Crippen MR) is 75.2 cm³/mol. The molecule has 0 unspecified atom stereocenters. The zero-order chi connectivity index (χ0) is 13.8. The minimum atomic E-state index is -0.0884. The Morgan fingerprint density at radius 3 is 2.74 bits per heavy atom. The summed E-state index contributed by atoms with van der Waals surface area (Å²) in [5, 5.41) is 9.53. The van der Waals surface area contributed by atoms with Crippen LogP contribution in [0.1, 0.15) is 23.2 Å². The molecule has 0 radical (unpaired) electrons. The number of nitrogen functional groups attached to an aromatic ring is 1. The number of aromatic hydroxyl groups is 1. The van der Waals surface area contributed by atoms with Crippen LogP contribution >= 0.6 is 0 Å². The van der Waals surface area contributed by atoms with Crippen molar-refractivity contribution in [2.45, 2.75) is 12.8 Å². The summed E-state index contributed by atoms with van der Waals surface area (Å²) in [6.45, 7) is 3.86. The van der Waals surface area contributed by atoms with Crippen molar-refractivity contribution in [3.05, 3.63) is 23.8 Å². The lowest BCUT2D eigenvalue weighted by Gasteiger charge is -2.21. The van der Waals surface area contributed by atoms with Crippen molar-refractivity contribution in [3.8, 4) is 5.75 Å². The van der Waals surface area contributed by atoms with Crippen LogP contribution in [0.3, 0.4) is 0 Å². The fourth-order valence-corrected chi connectivity index (χ4v) is 2.30. The molecule has 0 spiro atoms. The summed E-state index contributed by atoms with van der Waals surface area (Å²) in [5.74, 6) is -0.131. The Morgan fingerprint density at radius 2 is 2.11 bits per heavy atom. The third-order valence-corrected chi connectivity index (χ3v) is 3.57. The second-order valence-corrected chi connectivity index (χ2v) is 5.05. The summed E-state index contributed by atoms with van der Waals surface area (Å²) in [4.78, 5) is 16.2. The number of anilines is 1. The van der Waals surface area contributed by atoms with Gasteiger partial charge in [-0.15, -0.1) is 0 Å². The highest BCUT2D eigenvalue weighted by Crippen LogP contribution is 2.21. The van der Waals surface area contributed by atoms with Crippen molar-refractivity contribution in [2.24, 2.45) is 0 Å². The van der Waals surface area contributed by atoms with E-state index in [-0.39, 0.29) is 17.3 Å². The average molecular weight is 263 g/mol. The normalized spacial score (nSPS) is 15.6. The van der Waals surface area contributed by atoms with E-state index in [0.29, 0.717) is 12.1 Å². The predicted octanol–water partition coefficient (Wildman–Crippen LogP) is 1.14. The number of benzene rings is 1. The zero-order valence-corrected chi connectivity index (χ0v) is 11.3. The SMILES string of the molecule is CN(CCN1CCCC1)C(=O)c1ccc(N)c(O)c1. The second kappa shape index (κ2) is 5.93. The van der Waals surface area contributed by atoms with Crippen molar-refractivity contribution in [2.75, 3.05) is 39.0 Å². The Labute approximate surface area is 113 Å². The van der Waals surface area contributed by atoms with Gasteiger partial charge >= 0.3 is 0 Å². The molecule has 1 amide bonds. The fourth-order valence-electron chi connectivity index (χ4n) is 2.30. The van der Waals surface area contributed by atoms with Crippen LogP contribution in [0.15, 0.2) is 18.2 Å². The summed E-state index contributed by atoms with van der Waals surface area (Å²) in [6, 6.07) is 4.62. The van der Waals surface area contributed by atoms with Gasteiger partial charge in [0.2, 0.25) is 0 Å². The summed E-state index contributed by atoms with van der Waals surface area (Å²) in [5.41, 5.74) is 6.28. The highest BCUT2D eigenvalue weighted by molar-refractivity contribution is 5.95. The van der Waals surface area contributed by atoms with E-state index in [1.165, 1.54) is 18.9 Å². The van der Waals surface area contributed by atoms with Gasteiger partial charge in [-0.2, -0.15) is 0 Å². The Morgan fingerprint density at radius 1 is 1.42 bits per heavy atom. The molecule has 5 nitrogen and oxygen atoms in total. The van der Waals surface area contributed by atoms with E-state index in [2.05, 4.69) is 4.90 Å². The molecule has 19 heavy (non-hydrogen) atoms. The first-order valence-electron chi connectivity index (χ1n) is 6.64. The van der Waals surface area contributed by atoms with Crippen LogP contribution in [0.4, 0.5) is 5.69 Å². The minimum Gasteiger partial charge on any atom is -0.506 e. The first-order valence-corrected chi connectivity index (χ1v) is 6.64. The van der Waals surface area contributed by atoms with Gasteiger partial charge in [0.05, 0.1) is 5.69 Å². The van der Waals surface area contributed by atoms with E-state index < -0.39 is 0 Å². The molecule has 5 heteroatoms. The maximum Gasteiger partial charge on any atom is 0.253 e. The Bertz CT molecular complexity index is 456. The third-order valence-electron chi connectivity index (χ3n) is 3.57. The molecule has 2 rings (SSSR count). The number of likely N-dealkylation sites (tertiary alicyclic amines) is 1. The molecule has 1 heterocycles. The first-order chi connectivity index (χ1) is 9.08. The standard InChI is InChI=1S/C14H21N3O2/c1-16(8-9-17-6-2-3-7-17)14(19)11-4-5-12(15)13(18)10-11/h4-5,10,18H,2-3,6-9,15H2,1H3. The molecule has 1 aliphatic heterocycles. The van der Waals surface area contributed by atoms with Crippen LogP contribution in [0.25, 0.3) is 0 Å². The second-order valence-electron chi connectivity index (χ2n) is 5.05. The molecule has 1 aliphatic rings.